The van der Waals surface area contributed by atoms with Gasteiger partial charge in [0.2, 0.25) is 5.91 Å². The highest BCUT2D eigenvalue weighted by Crippen LogP contribution is 2.05. The summed E-state index contributed by atoms with van der Waals surface area (Å²) >= 11 is 0. The van der Waals surface area contributed by atoms with Gasteiger partial charge in [0.1, 0.15) is 17.9 Å². The van der Waals surface area contributed by atoms with Crippen molar-refractivity contribution in [2.24, 2.45) is 0 Å². The number of hydrogen-bond donors (Lipinski definition) is 2. The number of nitrogens with zero attached hydrogens (tertiary/aromatic N) is 2. The Morgan fingerprint density at radius 1 is 1.59 bits per heavy atom. The Labute approximate surface area is 101 Å². The van der Waals surface area contributed by atoms with Gasteiger partial charge in [0, 0.05) is 12.7 Å². The first-order valence-electron chi connectivity index (χ1n) is 5.57. The predicted octanol–water partition coefficient (Wildman–Crippen LogP) is 1.28. The fourth-order valence-electron chi connectivity index (χ4n) is 1.23. The number of amides is 1. The van der Waals surface area contributed by atoms with E-state index < -0.39 is 0 Å². The molecule has 0 fully saturated rings. The van der Waals surface area contributed by atoms with Crippen molar-refractivity contribution in [3.63, 3.8) is 0 Å². The molecule has 17 heavy (non-hydrogen) atoms. The van der Waals surface area contributed by atoms with Gasteiger partial charge in [-0.1, -0.05) is 6.92 Å². The largest absolute Gasteiger partial charge is 0.359 e. The van der Waals surface area contributed by atoms with E-state index in [9.17, 15) is 4.79 Å². The Morgan fingerprint density at radius 3 is 2.88 bits per heavy atom. The van der Waals surface area contributed by atoms with Crippen LogP contribution in [-0.2, 0) is 4.79 Å². The highest BCUT2D eigenvalue weighted by molar-refractivity contribution is 5.83. The third kappa shape index (κ3) is 4.11. The van der Waals surface area contributed by atoms with E-state index in [4.69, 9.17) is 5.26 Å². The molecule has 0 aromatic carbocycles. The van der Waals surface area contributed by atoms with Gasteiger partial charge in [0.15, 0.2) is 0 Å². The van der Waals surface area contributed by atoms with Crippen LogP contribution in [0.1, 0.15) is 25.8 Å². The minimum absolute atomic E-state index is 0.0574. The standard InChI is InChI=1S/C12H16N4O/c1-3-6-14-12(17)9(2)16-11-5-4-10(7-13)8-15-11/h4-5,8-9H,3,6H2,1-2H3,(H,14,17)(H,15,16). The number of pyridine rings is 1. The van der Waals surface area contributed by atoms with Crippen LogP contribution in [0.25, 0.3) is 0 Å². The van der Waals surface area contributed by atoms with Crippen molar-refractivity contribution in [3.05, 3.63) is 23.9 Å². The minimum Gasteiger partial charge on any atom is -0.359 e. The Hall–Kier alpha value is -2.09. The summed E-state index contributed by atoms with van der Waals surface area (Å²) in [4.78, 5) is 15.6. The van der Waals surface area contributed by atoms with Gasteiger partial charge in [0.05, 0.1) is 5.56 Å². The molecule has 0 bridgehead atoms. The first-order valence-corrected chi connectivity index (χ1v) is 5.57. The molecule has 1 unspecified atom stereocenters. The van der Waals surface area contributed by atoms with E-state index >= 15 is 0 Å². The van der Waals surface area contributed by atoms with Crippen LogP contribution < -0.4 is 10.6 Å². The van der Waals surface area contributed by atoms with Crippen molar-refractivity contribution >= 4 is 11.7 Å². The van der Waals surface area contributed by atoms with Gasteiger partial charge in [0.25, 0.3) is 0 Å². The van der Waals surface area contributed by atoms with E-state index in [0.717, 1.165) is 6.42 Å². The van der Waals surface area contributed by atoms with Gasteiger partial charge in [-0.2, -0.15) is 5.26 Å². The first kappa shape index (κ1) is 13.0. The summed E-state index contributed by atoms with van der Waals surface area (Å²) in [5.41, 5.74) is 0.499. The number of nitriles is 1. The summed E-state index contributed by atoms with van der Waals surface area (Å²) in [6, 6.07) is 4.98. The number of rotatable bonds is 5. The minimum atomic E-state index is -0.345. The van der Waals surface area contributed by atoms with Gasteiger partial charge in [-0.05, 0) is 25.5 Å². The molecule has 0 saturated heterocycles. The monoisotopic (exact) mass is 232 g/mol. The highest BCUT2D eigenvalue weighted by Gasteiger charge is 2.11. The fraction of sp³-hybridized carbons (Fsp3) is 0.417. The van der Waals surface area contributed by atoms with E-state index in [-0.39, 0.29) is 11.9 Å². The van der Waals surface area contributed by atoms with Crippen LogP contribution in [0.15, 0.2) is 18.3 Å². The zero-order valence-corrected chi connectivity index (χ0v) is 10.0. The molecule has 0 spiro atoms. The van der Waals surface area contributed by atoms with Crippen molar-refractivity contribution in [2.75, 3.05) is 11.9 Å². The lowest BCUT2D eigenvalue weighted by Gasteiger charge is -2.14. The second-order valence-electron chi connectivity index (χ2n) is 3.70. The topological polar surface area (TPSA) is 77.8 Å². The summed E-state index contributed by atoms with van der Waals surface area (Å²) in [5.74, 6) is 0.529. The van der Waals surface area contributed by atoms with Crippen molar-refractivity contribution in [1.82, 2.24) is 10.3 Å². The van der Waals surface area contributed by atoms with E-state index in [1.807, 2.05) is 13.0 Å². The molecule has 0 saturated carbocycles. The van der Waals surface area contributed by atoms with Crippen LogP contribution in [-0.4, -0.2) is 23.5 Å². The van der Waals surface area contributed by atoms with Gasteiger partial charge in [-0.25, -0.2) is 4.98 Å². The number of aromatic nitrogens is 1. The zero-order chi connectivity index (χ0) is 12.7. The highest BCUT2D eigenvalue weighted by atomic mass is 16.2. The van der Waals surface area contributed by atoms with Crippen LogP contribution in [0.5, 0.6) is 0 Å². The quantitative estimate of drug-likeness (QED) is 0.801. The van der Waals surface area contributed by atoms with Crippen LogP contribution in [0.4, 0.5) is 5.82 Å². The molecule has 1 aromatic heterocycles. The number of carbonyl (C=O) groups is 1. The smallest absolute Gasteiger partial charge is 0.242 e. The molecule has 2 N–H and O–H groups in total. The number of hydrogen-bond acceptors (Lipinski definition) is 4. The lowest BCUT2D eigenvalue weighted by Crippen LogP contribution is -2.38. The normalized spacial score (nSPS) is 11.4. The summed E-state index contributed by atoms with van der Waals surface area (Å²) in [7, 11) is 0. The molecule has 90 valence electrons. The van der Waals surface area contributed by atoms with E-state index in [1.165, 1.54) is 6.20 Å². The fourth-order valence-corrected chi connectivity index (χ4v) is 1.23. The summed E-state index contributed by atoms with van der Waals surface area (Å²) in [6.45, 7) is 4.44. The van der Waals surface area contributed by atoms with E-state index in [2.05, 4.69) is 15.6 Å². The molecular formula is C12H16N4O. The molecule has 0 aliphatic heterocycles. The third-order valence-corrected chi connectivity index (χ3v) is 2.20. The Bertz CT molecular complexity index is 408. The molecule has 1 atom stereocenters. The van der Waals surface area contributed by atoms with Crippen molar-refractivity contribution in [1.29, 1.82) is 5.26 Å². The van der Waals surface area contributed by atoms with Crippen molar-refractivity contribution in [3.8, 4) is 6.07 Å². The SMILES string of the molecule is CCCNC(=O)C(C)Nc1ccc(C#N)cn1. The second-order valence-corrected chi connectivity index (χ2v) is 3.70. The number of carbonyl (C=O) groups excluding carboxylic acids is 1. The maximum atomic E-state index is 11.6. The average molecular weight is 232 g/mol. The number of nitrogens with one attached hydrogen (secondary N) is 2. The molecule has 1 amide bonds. The Balaban J connectivity index is 2.52. The van der Waals surface area contributed by atoms with Crippen molar-refractivity contribution in [2.45, 2.75) is 26.3 Å². The molecule has 0 aliphatic carbocycles. The molecule has 5 nitrogen and oxygen atoms in total. The molecule has 1 aromatic rings. The summed E-state index contributed by atoms with van der Waals surface area (Å²) in [6.07, 6.45) is 2.38. The first-order chi connectivity index (χ1) is 8.17. The van der Waals surface area contributed by atoms with Crippen molar-refractivity contribution < 1.29 is 4.79 Å². The summed E-state index contributed by atoms with van der Waals surface area (Å²) < 4.78 is 0. The Kier molecular flexibility index (Phi) is 4.95. The molecule has 0 aliphatic rings. The summed E-state index contributed by atoms with van der Waals surface area (Å²) in [5, 5.41) is 14.4. The lowest BCUT2D eigenvalue weighted by atomic mass is 10.2. The molecular weight excluding hydrogens is 216 g/mol. The van der Waals surface area contributed by atoms with Crippen LogP contribution in [0.2, 0.25) is 0 Å². The van der Waals surface area contributed by atoms with Crippen LogP contribution in [0, 0.1) is 11.3 Å². The average Bonchev–Trinajstić information content (AvgIpc) is 2.36. The second kappa shape index (κ2) is 6.48. The lowest BCUT2D eigenvalue weighted by molar-refractivity contribution is -0.121. The molecule has 1 rings (SSSR count). The van der Waals surface area contributed by atoms with Gasteiger partial charge in [-0.3, -0.25) is 4.79 Å². The van der Waals surface area contributed by atoms with Crippen LogP contribution >= 0.6 is 0 Å². The van der Waals surface area contributed by atoms with E-state index in [0.29, 0.717) is 17.9 Å². The molecule has 1 heterocycles. The van der Waals surface area contributed by atoms with E-state index in [1.54, 1.807) is 19.1 Å². The maximum Gasteiger partial charge on any atom is 0.242 e. The molecule has 0 radical (unpaired) electrons. The Morgan fingerprint density at radius 2 is 2.35 bits per heavy atom. The third-order valence-electron chi connectivity index (χ3n) is 2.20. The zero-order valence-electron chi connectivity index (χ0n) is 10.0. The van der Waals surface area contributed by atoms with Gasteiger partial charge >= 0.3 is 0 Å². The molecule has 5 heteroatoms. The van der Waals surface area contributed by atoms with Gasteiger partial charge in [-0.15, -0.1) is 0 Å². The predicted molar refractivity (Wildman–Crippen MR) is 65.3 cm³/mol. The van der Waals surface area contributed by atoms with Crippen LogP contribution in [0.3, 0.4) is 0 Å². The maximum absolute atomic E-state index is 11.6. The van der Waals surface area contributed by atoms with Gasteiger partial charge < -0.3 is 10.6 Å². The number of anilines is 1.